The molecule has 0 atom stereocenters. The number of aliphatic carboxylic acids is 1. The Morgan fingerprint density at radius 3 is 2.42 bits per heavy atom. The highest BCUT2D eigenvalue weighted by molar-refractivity contribution is 5.94. The van der Waals surface area contributed by atoms with Crippen molar-refractivity contribution in [1.29, 1.82) is 0 Å². The lowest BCUT2D eigenvalue weighted by Gasteiger charge is -2.20. The first-order chi connectivity index (χ1) is 9.01. The van der Waals surface area contributed by atoms with Crippen LogP contribution in [0.3, 0.4) is 0 Å². The molecule has 0 heterocycles. The standard InChI is InChI=1S/C12H22N2O5/c1-3-14(8-9-19-4-2)12(18)13-10(15)6-5-7-11(16)17/h3-9H2,1-2H3,(H,16,17)(H,13,15,18). The summed E-state index contributed by atoms with van der Waals surface area (Å²) in [5.41, 5.74) is 0. The van der Waals surface area contributed by atoms with Gasteiger partial charge >= 0.3 is 12.0 Å². The van der Waals surface area contributed by atoms with Crippen LogP contribution < -0.4 is 5.32 Å². The fraction of sp³-hybridized carbons (Fsp3) is 0.750. The number of nitrogens with zero attached hydrogens (tertiary/aromatic N) is 1. The van der Waals surface area contributed by atoms with E-state index in [0.29, 0.717) is 26.3 Å². The topological polar surface area (TPSA) is 95.9 Å². The van der Waals surface area contributed by atoms with Gasteiger partial charge in [-0.15, -0.1) is 0 Å². The van der Waals surface area contributed by atoms with Gasteiger partial charge in [0.05, 0.1) is 6.61 Å². The summed E-state index contributed by atoms with van der Waals surface area (Å²) in [6.45, 7) is 5.56. The molecule has 2 N–H and O–H groups in total. The zero-order valence-electron chi connectivity index (χ0n) is 11.5. The molecule has 0 radical (unpaired) electrons. The van der Waals surface area contributed by atoms with E-state index in [-0.39, 0.29) is 19.3 Å². The molecule has 0 aromatic rings. The van der Waals surface area contributed by atoms with Crippen molar-refractivity contribution in [2.75, 3.05) is 26.3 Å². The molecule has 0 aliphatic carbocycles. The van der Waals surface area contributed by atoms with Crippen molar-refractivity contribution in [2.24, 2.45) is 0 Å². The summed E-state index contributed by atoms with van der Waals surface area (Å²) < 4.78 is 5.14. The average Bonchev–Trinajstić information content (AvgIpc) is 2.34. The van der Waals surface area contributed by atoms with E-state index in [9.17, 15) is 14.4 Å². The van der Waals surface area contributed by atoms with Gasteiger partial charge in [-0.3, -0.25) is 14.9 Å². The number of amides is 3. The lowest BCUT2D eigenvalue weighted by atomic mass is 10.2. The number of likely N-dealkylation sites (N-methyl/N-ethyl adjacent to an activating group) is 1. The number of hydrogen-bond donors (Lipinski definition) is 2. The molecule has 110 valence electrons. The van der Waals surface area contributed by atoms with Gasteiger partial charge in [-0.25, -0.2) is 4.79 Å². The van der Waals surface area contributed by atoms with E-state index < -0.39 is 17.9 Å². The normalized spacial score (nSPS) is 10.0. The van der Waals surface area contributed by atoms with Crippen molar-refractivity contribution >= 4 is 17.9 Å². The average molecular weight is 274 g/mol. The monoisotopic (exact) mass is 274 g/mol. The minimum Gasteiger partial charge on any atom is -0.481 e. The first-order valence-corrected chi connectivity index (χ1v) is 6.39. The van der Waals surface area contributed by atoms with Crippen LogP contribution in [-0.2, 0) is 14.3 Å². The Morgan fingerprint density at radius 2 is 1.89 bits per heavy atom. The zero-order chi connectivity index (χ0) is 14.7. The molecular formula is C12H22N2O5. The van der Waals surface area contributed by atoms with Crippen LogP contribution in [0.15, 0.2) is 0 Å². The molecule has 0 aliphatic heterocycles. The lowest BCUT2D eigenvalue weighted by molar-refractivity contribution is -0.137. The molecule has 0 aromatic carbocycles. The van der Waals surface area contributed by atoms with E-state index in [1.807, 2.05) is 6.92 Å². The predicted octanol–water partition coefficient (Wildman–Crippen LogP) is 0.836. The highest BCUT2D eigenvalue weighted by Crippen LogP contribution is 1.96. The Labute approximate surface area is 112 Å². The lowest BCUT2D eigenvalue weighted by Crippen LogP contribution is -2.44. The maximum absolute atomic E-state index is 11.7. The van der Waals surface area contributed by atoms with Gasteiger partial charge in [0.2, 0.25) is 5.91 Å². The van der Waals surface area contributed by atoms with Crippen molar-refractivity contribution < 1.29 is 24.2 Å². The second-order valence-corrected chi connectivity index (χ2v) is 3.88. The third kappa shape index (κ3) is 9.01. The fourth-order valence-corrected chi connectivity index (χ4v) is 1.38. The Hall–Kier alpha value is -1.63. The van der Waals surface area contributed by atoms with Gasteiger partial charge in [0.1, 0.15) is 0 Å². The number of imide groups is 1. The van der Waals surface area contributed by atoms with Crippen LogP contribution in [0.1, 0.15) is 33.1 Å². The van der Waals surface area contributed by atoms with Gasteiger partial charge in [0.25, 0.3) is 0 Å². The van der Waals surface area contributed by atoms with E-state index in [0.717, 1.165) is 0 Å². The number of hydrogen-bond acceptors (Lipinski definition) is 4. The third-order valence-electron chi connectivity index (χ3n) is 2.42. The maximum Gasteiger partial charge on any atom is 0.324 e. The van der Waals surface area contributed by atoms with E-state index in [2.05, 4.69) is 5.32 Å². The second-order valence-electron chi connectivity index (χ2n) is 3.88. The van der Waals surface area contributed by atoms with Crippen LogP contribution in [0.4, 0.5) is 4.79 Å². The Morgan fingerprint density at radius 1 is 1.21 bits per heavy atom. The second kappa shape index (κ2) is 10.3. The van der Waals surface area contributed by atoms with Crippen molar-refractivity contribution in [1.82, 2.24) is 10.2 Å². The van der Waals surface area contributed by atoms with E-state index in [1.165, 1.54) is 4.90 Å². The molecule has 0 saturated carbocycles. The third-order valence-corrected chi connectivity index (χ3v) is 2.42. The minimum atomic E-state index is -0.953. The van der Waals surface area contributed by atoms with Crippen molar-refractivity contribution in [3.05, 3.63) is 0 Å². The molecule has 19 heavy (non-hydrogen) atoms. The van der Waals surface area contributed by atoms with Crippen LogP contribution in [0.25, 0.3) is 0 Å². The van der Waals surface area contributed by atoms with E-state index in [1.54, 1.807) is 6.92 Å². The number of carboxylic acids is 1. The molecule has 0 aromatic heterocycles. The number of nitrogens with one attached hydrogen (secondary N) is 1. The summed E-state index contributed by atoms with van der Waals surface area (Å²) in [5.74, 6) is -1.41. The molecule has 0 rings (SSSR count). The molecule has 0 bridgehead atoms. The predicted molar refractivity (Wildman–Crippen MR) is 68.8 cm³/mol. The summed E-state index contributed by atoms with van der Waals surface area (Å²) in [7, 11) is 0. The highest BCUT2D eigenvalue weighted by atomic mass is 16.5. The van der Waals surface area contributed by atoms with Gasteiger partial charge in [-0.2, -0.15) is 0 Å². The summed E-state index contributed by atoms with van der Waals surface area (Å²) in [5, 5.41) is 10.7. The fourth-order valence-electron chi connectivity index (χ4n) is 1.38. The van der Waals surface area contributed by atoms with Crippen LogP contribution in [0.5, 0.6) is 0 Å². The summed E-state index contributed by atoms with van der Waals surface area (Å²) in [6.07, 6.45) is 0.171. The first kappa shape index (κ1) is 17.4. The zero-order valence-corrected chi connectivity index (χ0v) is 11.5. The van der Waals surface area contributed by atoms with Crippen molar-refractivity contribution in [2.45, 2.75) is 33.1 Å². The first-order valence-electron chi connectivity index (χ1n) is 6.39. The van der Waals surface area contributed by atoms with E-state index >= 15 is 0 Å². The number of carbonyl (C=O) groups is 3. The van der Waals surface area contributed by atoms with Crippen LogP contribution in [0.2, 0.25) is 0 Å². The molecule has 0 saturated heterocycles. The SMILES string of the molecule is CCOCCN(CC)C(=O)NC(=O)CCCC(=O)O. The van der Waals surface area contributed by atoms with Gasteiger partial charge in [0.15, 0.2) is 0 Å². The van der Waals surface area contributed by atoms with Gasteiger partial charge < -0.3 is 14.7 Å². The molecule has 7 nitrogen and oxygen atoms in total. The maximum atomic E-state index is 11.7. The largest absolute Gasteiger partial charge is 0.481 e. The van der Waals surface area contributed by atoms with Gasteiger partial charge in [-0.05, 0) is 20.3 Å². The molecule has 7 heteroatoms. The number of ether oxygens (including phenoxy) is 1. The van der Waals surface area contributed by atoms with Gasteiger partial charge in [0, 0.05) is 32.5 Å². The highest BCUT2D eigenvalue weighted by Gasteiger charge is 2.14. The van der Waals surface area contributed by atoms with E-state index in [4.69, 9.17) is 9.84 Å². The van der Waals surface area contributed by atoms with Crippen LogP contribution in [-0.4, -0.2) is 54.2 Å². The number of carboxylic acid groups (broad SMARTS) is 1. The summed E-state index contributed by atoms with van der Waals surface area (Å²) in [4.78, 5) is 34.8. The van der Waals surface area contributed by atoms with Crippen LogP contribution >= 0.6 is 0 Å². The van der Waals surface area contributed by atoms with Crippen molar-refractivity contribution in [3.8, 4) is 0 Å². The molecule has 0 unspecified atom stereocenters. The Bertz CT molecular complexity index is 306. The van der Waals surface area contributed by atoms with Crippen molar-refractivity contribution in [3.63, 3.8) is 0 Å². The minimum absolute atomic E-state index is 0.0288. The Kier molecular flexibility index (Phi) is 9.42. The number of carbonyl (C=O) groups excluding carboxylic acids is 2. The molecule has 0 spiro atoms. The smallest absolute Gasteiger partial charge is 0.324 e. The van der Waals surface area contributed by atoms with Gasteiger partial charge in [-0.1, -0.05) is 0 Å². The summed E-state index contributed by atoms with van der Waals surface area (Å²) in [6, 6.07) is -0.470. The number of rotatable bonds is 9. The summed E-state index contributed by atoms with van der Waals surface area (Å²) >= 11 is 0. The molecule has 0 fully saturated rings. The van der Waals surface area contributed by atoms with Crippen LogP contribution in [0, 0.1) is 0 Å². The Balaban J connectivity index is 3.96. The molecular weight excluding hydrogens is 252 g/mol. The molecule has 3 amide bonds. The molecule has 0 aliphatic rings. The number of urea groups is 1. The quantitative estimate of drug-likeness (QED) is 0.607.